The van der Waals surface area contributed by atoms with Gasteiger partial charge < -0.3 is 10.1 Å². The molecule has 4 rings (SSSR count). The zero-order valence-corrected chi connectivity index (χ0v) is 15.0. The molecular formula is C18H22N6O2. The molecule has 1 fully saturated rings. The van der Waals surface area contributed by atoms with E-state index < -0.39 is 0 Å². The third-order valence-corrected chi connectivity index (χ3v) is 4.69. The van der Waals surface area contributed by atoms with Crippen LogP contribution >= 0.6 is 0 Å². The number of carbonyl (C=O) groups excluding carboxylic acids is 1. The molecule has 1 amide bonds. The van der Waals surface area contributed by atoms with Crippen LogP contribution in [-0.4, -0.2) is 49.5 Å². The summed E-state index contributed by atoms with van der Waals surface area (Å²) < 4.78 is 8.93. The van der Waals surface area contributed by atoms with E-state index in [0.717, 1.165) is 36.3 Å². The van der Waals surface area contributed by atoms with E-state index in [1.807, 2.05) is 30.8 Å². The molecule has 26 heavy (non-hydrogen) atoms. The maximum absolute atomic E-state index is 12.6. The summed E-state index contributed by atoms with van der Waals surface area (Å²) in [4.78, 5) is 16.9. The van der Waals surface area contributed by atoms with Crippen LogP contribution in [0.15, 0.2) is 24.5 Å². The second kappa shape index (κ2) is 6.87. The zero-order valence-electron chi connectivity index (χ0n) is 15.0. The molecular weight excluding hydrogens is 332 g/mol. The van der Waals surface area contributed by atoms with Crippen molar-refractivity contribution in [1.82, 2.24) is 29.7 Å². The molecule has 0 atom stereocenters. The molecule has 0 aromatic carbocycles. The monoisotopic (exact) mass is 354 g/mol. The van der Waals surface area contributed by atoms with E-state index in [1.54, 1.807) is 16.8 Å². The fourth-order valence-corrected chi connectivity index (χ4v) is 3.24. The Morgan fingerprint density at radius 1 is 1.35 bits per heavy atom. The summed E-state index contributed by atoms with van der Waals surface area (Å²) in [5.41, 5.74) is 3.79. The second-order valence-corrected chi connectivity index (χ2v) is 6.47. The van der Waals surface area contributed by atoms with Crippen LogP contribution in [0.3, 0.4) is 0 Å². The van der Waals surface area contributed by atoms with Gasteiger partial charge in [0.25, 0.3) is 5.91 Å². The van der Waals surface area contributed by atoms with Crippen molar-refractivity contribution in [3.05, 3.63) is 35.9 Å². The third-order valence-electron chi connectivity index (χ3n) is 4.69. The van der Waals surface area contributed by atoms with Gasteiger partial charge in [0, 0.05) is 49.8 Å². The topological polar surface area (TPSA) is 86.3 Å². The summed E-state index contributed by atoms with van der Waals surface area (Å²) in [6.07, 6.45) is 5.39. The highest BCUT2D eigenvalue weighted by molar-refractivity contribution is 5.93. The summed E-state index contributed by atoms with van der Waals surface area (Å²) in [6, 6.07) is 3.75. The van der Waals surface area contributed by atoms with Crippen LogP contribution in [0.25, 0.3) is 16.9 Å². The number of aromatic nitrogens is 5. The fourth-order valence-electron chi connectivity index (χ4n) is 3.24. The minimum Gasteiger partial charge on any atom is -0.381 e. The number of carbonyl (C=O) groups is 1. The Balaban J connectivity index is 1.66. The Hall–Kier alpha value is -2.74. The van der Waals surface area contributed by atoms with Crippen molar-refractivity contribution in [2.75, 3.05) is 13.2 Å². The van der Waals surface area contributed by atoms with Crippen LogP contribution < -0.4 is 5.32 Å². The van der Waals surface area contributed by atoms with Gasteiger partial charge in [0.05, 0.1) is 11.4 Å². The molecule has 3 aromatic heterocycles. The zero-order chi connectivity index (χ0) is 18.1. The van der Waals surface area contributed by atoms with Crippen LogP contribution in [-0.2, 0) is 11.3 Å². The maximum atomic E-state index is 12.6. The highest BCUT2D eigenvalue weighted by Gasteiger charge is 2.20. The van der Waals surface area contributed by atoms with Crippen LogP contribution in [0.1, 0.15) is 35.9 Å². The molecule has 0 aliphatic carbocycles. The maximum Gasteiger partial charge on any atom is 0.272 e. The summed E-state index contributed by atoms with van der Waals surface area (Å²) in [7, 11) is 0. The summed E-state index contributed by atoms with van der Waals surface area (Å²) in [5, 5.41) is 12.0. The van der Waals surface area contributed by atoms with Gasteiger partial charge in [-0.25, -0.2) is 9.50 Å². The first kappa shape index (κ1) is 16.7. The Morgan fingerprint density at radius 2 is 2.15 bits per heavy atom. The molecule has 0 radical (unpaired) electrons. The SMILES string of the molecule is CCn1cc(-c2ccnc3cc(C(=O)NC4CCOCC4)nn23)c(C)n1. The number of aryl methyl sites for hydroxylation is 2. The molecule has 4 heterocycles. The number of nitrogens with one attached hydrogen (secondary N) is 1. The van der Waals surface area contributed by atoms with Crippen LogP contribution in [0, 0.1) is 6.92 Å². The highest BCUT2D eigenvalue weighted by atomic mass is 16.5. The molecule has 1 aliphatic rings. The van der Waals surface area contributed by atoms with Gasteiger partial charge in [-0.15, -0.1) is 0 Å². The first-order valence-electron chi connectivity index (χ1n) is 8.93. The third kappa shape index (κ3) is 3.08. The smallest absolute Gasteiger partial charge is 0.272 e. The standard InChI is InChI=1S/C18H22N6O2/c1-3-23-11-14(12(2)21-23)16-4-7-19-17-10-15(22-24(16)17)18(25)20-13-5-8-26-9-6-13/h4,7,10-11,13H,3,5-6,8-9H2,1-2H3,(H,20,25). The average Bonchev–Trinajstić information content (AvgIpc) is 3.25. The van der Waals surface area contributed by atoms with Crippen molar-refractivity contribution in [2.45, 2.75) is 39.3 Å². The van der Waals surface area contributed by atoms with Gasteiger partial charge >= 0.3 is 0 Å². The van der Waals surface area contributed by atoms with Crippen molar-refractivity contribution in [2.24, 2.45) is 0 Å². The van der Waals surface area contributed by atoms with Crippen molar-refractivity contribution in [3.8, 4) is 11.3 Å². The lowest BCUT2D eigenvalue weighted by atomic mass is 10.1. The van der Waals surface area contributed by atoms with Gasteiger partial charge in [-0.3, -0.25) is 9.48 Å². The predicted octanol–water partition coefficient (Wildman–Crippen LogP) is 1.83. The van der Waals surface area contributed by atoms with E-state index in [4.69, 9.17) is 4.74 Å². The highest BCUT2D eigenvalue weighted by Crippen LogP contribution is 2.23. The average molecular weight is 354 g/mol. The lowest BCUT2D eigenvalue weighted by Gasteiger charge is -2.22. The molecule has 0 saturated carbocycles. The van der Waals surface area contributed by atoms with Gasteiger partial charge in [0.15, 0.2) is 11.3 Å². The number of ether oxygens (including phenoxy) is 1. The Labute approximate surface area is 151 Å². The molecule has 136 valence electrons. The lowest BCUT2D eigenvalue weighted by Crippen LogP contribution is -2.39. The minimum absolute atomic E-state index is 0.138. The Bertz CT molecular complexity index is 938. The first-order valence-corrected chi connectivity index (χ1v) is 8.93. The Morgan fingerprint density at radius 3 is 2.88 bits per heavy atom. The molecule has 1 N–H and O–H groups in total. The lowest BCUT2D eigenvalue weighted by molar-refractivity contribution is 0.0694. The van der Waals surface area contributed by atoms with Gasteiger partial charge in [-0.05, 0) is 32.8 Å². The molecule has 0 bridgehead atoms. The van der Waals surface area contributed by atoms with E-state index >= 15 is 0 Å². The van der Waals surface area contributed by atoms with Crippen molar-refractivity contribution < 1.29 is 9.53 Å². The summed E-state index contributed by atoms with van der Waals surface area (Å²) >= 11 is 0. The van der Waals surface area contributed by atoms with Crippen molar-refractivity contribution in [3.63, 3.8) is 0 Å². The normalized spacial score (nSPS) is 15.5. The van der Waals surface area contributed by atoms with Gasteiger partial charge in [-0.2, -0.15) is 10.2 Å². The van der Waals surface area contributed by atoms with E-state index in [2.05, 4.69) is 20.5 Å². The fraction of sp³-hybridized carbons (Fsp3) is 0.444. The summed E-state index contributed by atoms with van der Waals surface area (Å²) in [6.45, 7) is 6.18. The Kier molecular flexibility index (Phi) is 4.42. The van der Waals surface area contributed by atoms with Crippen LogP contribution in [0.5, 0.6) is 0 Å². The number of amides is 1. The summed E-state index contributed by atoms with van der Waals surface area (Å²) in [5.74, 6) is -0.172. The quantitative estimate of drug-likeness (QED) is 0.772. The molecule has 0 unspecified atom stereocenters. The first-order chi connectivity index (χ1) is 12.7. The second-order valence-electron chi connectivity index (χ2n) is 6.47. The predicted molar refractivity (Wildman–Crippen MR) is 95.9 cm³/mol. The molecule has 8 nitrogen and oxygen atoms in total. The molecule has 3 aromatic rings. The van der Waals surface area contributed by atoms with E-state index in [9.17, 15) is 4.79 Å². The molecule has 0 spiro atoms. The van der Waals surface area contributed by atoms with Gasteiger partial charge in [-0.1, -0.05) is 0 Å². The van der Waals surface area contributed by atoms with E-state index in [1.165, 1.54) is 0 Å². The number of fused-ring (bicyclic) bond motifs is 1. The van der Waals surface area contributed by atoms with E-state index in [0.29, 0.717) is 24.6 Å². The molecule has 1 saturated heterocycles. The number of nitrogens with zero attached hydrogens (tertiary/aromatic N) is 5. The van der Waals surface area contributed by atoms with Crippen LogP contribution in [0.4, 0.5) is 0 Å². The minimum atomic E-state index is -0.172. The largest absolute Gasteiger partial charge is 0.381 e. The number of hydrogen-bond donors (Lipinski definition) is 1. The van der Waals surface area contributed by atoms with Gasteiger partial charge in [0.2, 0.25) is 0 Å². The number of hydrogen-bond acceptors (Lipinski definition) is 5. The van der Waals surface area contributed by atoms with Crippen molar-refractivity contribution in [1.29, 1.82) is 0 Å². The molecule has 1 aliphatic heterocycles. The van der Waals surface area contributed by atoms with Crippen LogP contribution in [0.2, 0.25) is 0 Å². The number of rotatable bonds is 4. The van der Waals surface area contributed by atoms with Gasteiger partial charge in [0.1, 0.15) is 0 Å². The van der Waals surface area contributed by atoms with E-state index in [-0.39, 0.29) is 11.9 Å². The molecule has 8 heteroatoms. The van der Waals surface area contributed by atoms with Crippen molar-refractivity contribution >= 4 is 11.6 Å².